The zero-order valence-corrected chi connectivity index (χ0v) is 18.9. The van der Waals surface area contributed by atoms with Crippen LogP contribution in [0.1, 0.15) is 23.4 Å². The maximum absolute atomic E-state index is 11.9. The average molecular weight is 437 g/mol. The maximum Gasteiger partial charge on any atom is 0.325 e. The number of piperazine rings is 1. The number of para-hydroxylation sites is 1. The van der Waals surface area contributed by atoms with Gasteiger partial charge in [0.15, 0.2) is 0 Å². The van der Waals surface area contributed by atoms with Crippen LogP contribution in [0.2, 0.25) is 0 Å². The van der Waals surface area contributed by atoms with Gasteiger partial charge in [0, 0.05) is 68.2 Å². The van der Waals surface area contributed by atoms with Gasteiger partial charge < -0.3 is 14.4 Å². The van der Waals surface area contributed by atoms with Crippen molar-refractivity contribution in [2.45, 2.75) is 39.0 Å². The van der Waals surface area contributed by atoms with Crippen LogP contribution in [-0.2, 0) is 29.2 Å². The summed E-state index contributed by atoms with van der Waals surface area (Å²) in [6.45, 7) is 6.79. The molecule has 32 heavy (non-hydrogen) atoms. The number of methoxy groups -OCH3 is 1. The molecule has 0 amide bonds. The molecule has 0 radical (unpaired) electrons. The highest BCUT2D eigenvalue weighted by Gasteiger charge is 2.27. The van der Waals surface area contributed by atoms with Gasteiger partial charge in [0.1, 0.15) is 6.54 Å². The number of carbonyl (C=O) groups excluding carboxylic acids is 1. The smallest absolute Gasteiger partial charge is 0.325 e. The van der Waals surface area contributed by atoms with Crippen LogP contribution in [-0.4, -0.2) is 69.8 Å². The second-order valence-corrected chi connectivity index (χ2v) is 8.52. The lowest BCUT2D eigenvalue weighted by Gasteiger charge is -2.41. The van der Waals surface area contributed by atoms with Gasteiger partial charge in [0.25, 0.3) is 0 Å². The Morgan fingerprint density at radius 1 is 1.16 bits per heavy atom. The highest BCUT2D eigenvalue weighted by molar-refractivity contribution is 5.85. The van der Waals surface area contributed by atoms with Crippen molar-refractivity contribution in [1.82, 2.24) is 19.4 Å². The molecule has 1 aromatic carbocycles. The molecule has 4 rings (SSSR count). The molecule has 3 heterocycles. The van der Waals surface area contributed by atoms with Crippen molar-refractivity contribution < 1.29 is 14.6 Å². The monoisotopic (exact) mass is 436 g/mol. The van der Waals surface area contributed by atoms with E-state index in [0.717, 1.165) is 56.0 Å². The number of carbonyl (C=O) groups is 1. The number of nitrogens with zero attached hydrogens (tertiary/aromatic N) is 4. The Bertz CT molecular complexity index is 1060. The van der Waals surface area contributed by atoms with Crippen LogP contribution in [0.25, 0.3) is 10.9 Å². The fourth-order valence-corrected chi connectivity index (χ4v) is 4.65. The largest absolute Gasteiger partial charge is 0.468 e. The molecule has 0 unspecified atom stereocenters. The summed E-state index contributed by atoms with van der Waals surface area (Å²) in [7, 11) is 1.42. The van der Waals surface area contributed by atoms with Crippen LogP contribution in [0.4, 0.5) is 0 Å². The second kappa shape index (κ2) is 10.3. The molecular formula is C25H32N4O3. The van der Waals surface area contributed by atoms with Crippen LogP contribution < -0.4 is 0 Å². The molecule has 3 aromatic rings. The van der Waals surface area contributed by atoms with Gasteiger partial charge >= 0.3 is 5.97 Å². The topological polar surface area (TPSA) is 70.8 Å². The molecule has 1 aliphatic rings. The zero-order chi connectivity index (χ0) is 22.5. The Hall–Kier alpha value is -2.74. The highest BCUT2D eigenvalue weighted by Crippen LogP contribution is 2.25. The van der Waals surface area contributed by atoms with E-state index in [-0.39, 0.29) is 25.2 Å². The van der Waals surface area contributed by atoms with Crippen molar-refractivity contribution in [2.24, 2.45) is 0 Å². The predicted octanol–water partition coefficient (Wildman–Crippen LogP) is 2.59. The van der Waals surface area contributed by atoms with Gasteiger partial charge in [-0.15, -0.1) is 0 Å². The Kier molecular flexibility index (Phi) is 7.19. The lowest BCUT2D eigenvalue weighted by Crippen LogP contribution is -2.52. The summed E-state index contributed by atoms with van der Waals surface area (Å²) in [6.07, 6.45) is 2.82. The van der Waals surface area contributed by atoms with Gasteiger partial charge in [0.05, 0.1) is 12.8 Å². The lowest BCUT2D eigenvalue weighted by molar-refractivity contribution is -0.141. The van der Waals surface area contributed by atoms with Crippen molar-refractivity contribution in [3.05, 3.63) is 65.6 Å². The summed E-state index contributed by atoms with van der Waals surface area (Å²) in [5, 5.41) is 10.8. The highest BCUT2D eigenvalue weighted by atomic mass is 16.5. The summed E-state index contributed by atoms with van der Waals surface area (Å²) in [4.78, 5) is 21.4. The zero-order valence-electron chi connectivity index (χ0n) is 18.9. The number of aryl methyl sites for hydroxylation is 1. The third kappa shape index (κ3) is 5.18. The van der Waals surface area contributed by atoms with Crippen molar-refractivity contribution in [3.63, 3.8) is 0 Å². The van der Waals surface area contributed by atoms with Crippen LogP contribution >= 0.6 is 0 Å². The molecule has 1 saturated heterocycles. The summed E-state index contributed by atoms with van der Waals surface area (Å²) in [6, 6.07) is 14.6. The molecule has 0 aliphatic carbocycles. The number of hydrogen-bond donors (Lipinski definition) is 1. The van der Waals surface area contributed by atoms with E-state index in [1.807, 2.05) is 35.8 Å². The van der Waals surface area contributed by atoms with Crippen molar-refractivity contribution in [1.29, 1.82) is 0 Å². The van der Waals surface area contributed by atoms with Gasteiger partial charge in [-0.3, -0.25) is 19.6 Å². The molecular weight excluding hydrogens is 404 g/mol. The molecule has 1 fully saturated rings. The number of aliphatic hydroxyl groups excluding tert-OH is 1. The number of ether oxygens (including phenoxy) is 1. The quantitative estimate of drug-likeness (QED) is 0.548. The van der Waals surface area contributed by atoms with E-state index < -0.39 is 0 Å². The van der Waals surface area contributed by atoms with E-state index >= 15 is 0 Å². The normalized spacial score (nSPS) is 17.7. The molecule has 1 aliphatic heterocycles. The molecule has 1 atom stereocenters. The Balaban J connectivity index is 1.48. The van der Waals surface area contributed by atoms with Crippen LogP contribution in [0.3, 0.4) is 0 Å². The Labute approximate surface area is 189 Å². The first-order valence-corrected chi connectivity index (χ1v) is 11.2. The number of benzene rings is 1. The molecule has 2 aromatic heterocycles. The van der Waals surface area contributed by atoms with E-state index in [1.165, 1.54) is 18.1 Å². The first-order valence-electron chi connectivity index (χ1n) is 11.2. The summed E-state index contributed by atoms with van der Waals surface area (Å²) < 4.78 is 6.84. The number of aromatic nitrogens is 2. The molecule has 0 spiro atoms. The van der Waals surface area contributed by atoms with Crippen LogP contribution in [0.5, 0.6) is 0 Å². The first kappa shape index (κ1) is 22.5. The fraction of sp³-hybridized carbons (Fsp3) is 0.440. The molecule has 0 bridgehead atoms. The summed E-state index contributed by atoms with van der Waals surface area (Å²) in [5.41, 5.74) is 4.36. The van der Waals surface area contributed by atoms with Gasteiger partial charge in [-0.1, -0.05) is 24.3 Å². The van der Waals surface area contributed by atoms with Gasteiger partial charge in [-0.2, -0.15) is 0 Å². The standard InChI is InChI=1S/C25H32N4O3/c1-19-6-5-7-21(26-19)16-28-12-11-27(17-22(28)10-13-30)14-20-15-29(18-25(31)32-2)24-9-4-3-8-23(20)24/h3-9,15,22,30H,10-14,16-18H2,1-2H3/t22-/m1/s1. The van der Waals surface area contributed by atoms with E-state index in [4.69, 9.17) is 4.74 Å². The molecule has 1 N–H and O–H groups in total. The van der Waals surface area contributed by atoms with Gasteiger partial charge in [-0.05, 0) is 37.1 Å². The number of rotatable bonds is 8. The Morgan fingerprint density at radius 3 is 2.78 bits per heavy atom. The van der Waals surface area contributed by atoms with E-state index in [1.54, 1.807) is 0 Å². The minimum atomic E-state index is -0.251. The van der Waals surface area contributed by atoms with Crippen LogP contribution in [0.15, 0.2) is 48.7 Å². The van der Waals surface area contributed by atoms with Crippen molar-refractivity contribution in [2.75, 3.05) is 33.4 Å². The van der Waals surface area contributed by atoms with Gasteiger partial charge in [-0.25, -0.2) is 0 Å². The number of fused-ring (bicyclic) bond motifs is 1. The predicted molar refractivity (Wildman–Crippen MR) is 124 cm³/mol. The maximum atomic E-state index is 11.9. The summed E-state index contributed by atoms with van der Waals surface area (Å²) >= 11 is 0. The third-order valence-corrected chi connectivity index (χ3v) is 6.25. The number of pyridine rings is 1. The van der Waals surface area contributed by atoms with Crippen molar-refractivity contribution in [3.8, 4) is 0 Å². The van der Waals surface area contributed by atoms with Gasteiger partial charge in [0.2, 0.25) is 0 Å². The fourth-order valence-electron chi connectivity index (χ4n) is 4.65. The molecule has 0 saturated carbocycles. The number of hydrogen-bond acceptors (Lipinski definition) is 6. The number of aliphatic hydroxyl groups is 1. The summed E-state index contributed by atoms with van der Waals surface area (Å²) in [5.74, 6) is -0.251. The average Bonchev–Trinajstić information content (AvgIpc) is 3.13. The first-order chi connectivity index (χ1) is 15.6. The van der Waals surface area contributed by atoms with E-state index in [2.05, 4.69) is 39.2 Å². The minimum absolute atomic E-state index is 0.175. The lowest BCUT2D eigenvalue weighted by atomic mass is 10.1. The molecule has 170 valence electrons. The second-order valence-electron chi connectivity index (χ2n) is 8.52. The van der Waals surface area contributed by atoms with E-state index in [0.29, 0.717) is 0 Å². The molecule has 7 heteroatoms. The molecule has 7 nitrogen and oxygen atoms in total. The SMILES string of the molecule is COC(=O)Cn1cc(CN2CCN(Cc3cccc(C)n3)[C@H](CCO)C2)c2ccccc21. The third-order valence-electron chi connectivity index (χ3n) is 6.25. The van der Waals surface area contributed by atoms with E-state index in [9.17, 15) is 9.90 Å². The Morgan fingerprint density at radius 2 is 2.00 bits per heavy atom. The van der Waals surface area contributed by atoms with Crippen LogP contribution in [0, 0.1) is 6.92 Å². The minimum Gasteiger partial charge on any atom is -0.468 e. The van der Waals surface area contributed by atoms with Crippen molar-refractivity contribution >= 4 is 16.9 Å². The number of esters is 1.